The van der Waals surface area contributed by atoms with Gasteiger partial charge in [0, 0.05) is 20.1 Å². The Labute approximate surface area is 101 Å². The number of carbonyl (C=O) groups excluding carboxylic acids is 1. The molecule has 0 unspecified atom stereocenters. The van der Waals surface area contributed by atoms with Crippen molar-refractivity contribution in [3.05, 3.63) is 29.3 Å². The van der Waals surface area contributed by atoms with E-state index in [9.17, 15) is 4.79 Å². The van der Waals surface area contributed by atoms with Crippen molar-refractivity contribution in [2.75, 3.05) is 32.5 Å². The summed E-state index contributed by atoms with van der Waals surface area (Å²) in [7, 11) is 3.59. The molecule has 4 nitrogen and oxygen atoms in total. The van der Waals surface area contributed by atoms with Crippen LogP contribution in [0.4, 0.5) is 10.5 Å². The molecular weight excluding hydrogens is 226 g/mol. The first-order valence-electron chi connectivity index (χ1n) is 5.06. The topological polar surface area (TPSA) is 44.4 Å². The minimum absolute atomic E-state index is 0.164. The van der Waals surface area contributed by atoms with Crippen LogP contribution in [-0.4, -0.2) is 38.1 Å². The molecule has 0 saturated heterocycles. The summed E-state index contributed by atoms with van der Waals surface area (Å²) in [6.45, 7) is 1.40. The molecule has 2 N–H and O–H groups in total. The molecule has 0 aliphatic carbocycles. The highest BCUT2D eigenvalue weighted by Gasteiger charge is 2.09. The van der Waals surface area contributed by atoms with E-state index in [1.54, 1.807) is 24.1 Å². The molecule has 0 heterocycles. The predicted molar refractivity (Wildman–Crippen MR) is 67.0 cm³/mol. The van der Waals surface area contributed by atoms with Crippen LogP contribution in [0.25, 0.3) is 0 Å². The van der Waals surface area contributed by atoms with Crippen LogP contribution >= 0.6 is 11.6 Å². The zero-order valence-electron chi connectivity index (χ0n) is 9.46. The monoisotopic (exact) mass is 241 g/mol. The number of rotatable bonds is 4. The molecule has 0 atom stereocenters. The van der Waals surface area contributed by atoms with Crippen LogP contribution in [0.2, 0.25) is 5.02 Å². The molecule has 16 heavy (non-hydrogen) atoms. The van der Waals surface area contributed by atoms with Gasteiger partial charge in [0.2, 0.25) is 0 Å². The SMILES string of the molecule is CNCCN(C)C(=O)Nc1ccccc1Cl. The molecule has 0 aliphatic rings. The lowest BCUT2D eigenvalue weighted by Crippen LogP contribution is -2.35. The molecule has 0 aliphatic heterocycles. The molecule has 0 aromatic heterocycles. The highest BCUT2D eigenvalue weighted by molar-refractivity contribution is 6.33. The number of amides is 2. The lowest BCUT2D eigenvalue weighted by Gasteiger charge is -2.18. The summed E-state index contributed by atoms with van der Waals surface area (Å²) in [5, 5.41) is 6.27. The van der Waals surface area contributed by atoms with Crippen LogP contribution in [0.15, 0.2) is 24.3 Å². The number of carbonyl (C=O) groups is 1. The van der Waals surface area contributed by atoms with Crippen molar-refractivity contribution in [3.63, 3.8) is 0 Å². The smallest absolute Gasteiger partial charge is 0.321 e. The van der Waals surface area contributed by atoms with Gasteiger partial charge in [-0.3, -0.25) is 0 Å². The van der Waals surface area contributed by atoms with E-state index in [-0.39, 0.29) is 6.03 Å². The van der Waals surface area contributed by atoms with E-state index >= 15 is 0 Å². The van der Waals surface area contributed by atoms with Gasteiger partial charge in [0.15, 0.2) is 0 Å². The number of nitrogens with zero attached hydrogens (tertiary/aromatic N) is 1. The minimum atomic E-state index is -0.164. The van der Waals surface area contributed by atoms with Gasteiger partial charge < -0.3 is 15.5 Å². The van der Waals surface area contributed by atoms with Gasteiger partial charge in [-0.2, -0.15) is 0 Å². The van der Waals surface area contributed by atoms with Crippen molar-refractivity contribution in [1.29, 1.82) is 0 Å². The number of anilines is 1. The maximum absolute atomic E-state index is 11.7. The molecule has 5 heteroatoms. The van der Waals surface area contributed by atoms with Crippen molar-refractivity contribution in [1.82, 2.24) is 10.2 Å². The second-order valence-electron chi connectivity index (χ2n) is 3.44. The summed E-state index contributed by atoms with van der Waals surface area (Å²) >= 11 is 5.93. The summed E-state index contributed by atoms with van der Waals surface area (Å²) in [5.41, 5.74) is 0.630. The van der Waals surface area contributed by atoms with Crippen molar-refractivity contribution in [2.45, 2.75) is 0 Å². The minimum Gasteiger partial charge on any atom is -0.326 e. The molecule has 1 rings (SSSR count). The molecular formula is C11H16ClN3O. The third kappa shape index (κ3) is 3.72. The lowest BCUT2D eigenvalue weighted by atomic mass is 10.3. The number of urea groups is 1. The summed E-state index contributed by atoms with van der Waals surface area (Å²) < 4.78 is 0. The van der Waals surface area contributed by atoms with Gasteiger partial charge in [-0.15, -0.1) is 0 Å². The Hall–Kier alpha value is -1.26. The largest absolute Gasteiger partial charge is 0.326 e. The molecule has 0 saturated carbocycles. The summed E-state index contributed by atoms with van der Waals surface area (Å²) in [5.74, 6) is 0. The maximum Gasteiger partial charge on any atom is 0.321 e. The van der Waals surface area contributed by atoms with Crippen molar-refractivity contribution >= 4 is 23.3 Å². The second kappa shape index (κ2) is 6.35. The van der Waals surface area contributed by atoms with Gasteiger partial charge >= 0.3 is 6.03 Å². The Morgan fingerprint density at radius 3 is 2.75 bits per heavy atom. The first kappa shape index (κ1) is 12.8. The normalized spacial score (nSPS) is 9.94. The van der Waals surface area contributed by atoms with Gasteiger partial charge in [-0.1, -0.05) is 23.7 Å². The Bertz CT molecular complexity index is 357. The van der Waals surface area contributed by atoms with Gasteiger partial charge in [0.1, 0.15) is 0 Å². The molecule has 0 fully saturated rings. The molecule has 0 bridgehead atoms. The predicted octanol–water partition coefficient (Wildman–Crippen LogP) is 2.02. The summed E-state index contributed by atoms with van der Waals surface area (Å²) in [6, 6.07) is 7.00. The third-order valence-electron chi connectivity index (χ3n) is 2.16. The molecule has 0 radical (unpaired) electrons. The highest BCUT2D eigenvalue weighted by Crippen LogP contribution is 2.20. The van der Waals surface area contributed by atoms with Crippen LogP contribution in [0.1, 0.15) is 0 Å². The number of benzene rings is 1. The zero-order chi connectivity index (χ0) is 12.0. The van der Waals surface area contributed by atoms with Crippen LogP contribution < -0.4 is 10.6 Å². The third-order valence-corrected chi connectivity index (χ3v) is 2.49. The van der Waals surface area contributed by atoms with E-state index in [0.29, 0.717) is 17.3 Å². The first-order valence-corrected chi connectivity index (χ1v) is 5.44. The van der Waals surface area contributed by atoms with Gasteiger partial charge in [-0.25, -0.2) is 4.79 Å². The number of nitrogens with one attached hydrogen (secondary N) is 2. The van der Waals surface area contributed by atoms with E-state index in [0.717, 1.165) is 6.54 Å². The van der Waals surface area contributed by atoms with Crippen LogP contribution in [0.5, 0.6) is 0 Å². The zero-order valence-corrected chi connectivity index (χ0v) is 10.2. The average Bonchev–Trinajstić information content (AvgIpc) is 2.28. The van der Waals surface area contributed by atoms with Gasteiger partial charge in [0.05, 0.1) is 10.7 Å². The maximum atomic E-state index is 11.7. The molecule has 1 aromatic carbocycles. The van der Waals surface area contributed by atoms with Crippen molar-refractivity contribution < 1.29 is 4.79 Å². The van der Waals surface area contributed by atoms with E-state index in [1.165, 1.54) is 0 Å². The number of para-hydroxylation sites is 1. The Morgan fingerprint density at radius 2 is 2.12 bits per heavy atom. The van der Waals surface area contributed by atoms with E-state index < -0.39 is 0 Å². The number of likely N-dealkylation sites (N-methyl/N-ethyl adjacent to an activating group) is 2. The molecule has 0 spiro atoms. The van der Waals surface area contributed by atoms with Crippen molar-refractivity contribution in [2.24, 2.45) is 0 Å². The Kier molecular flexibility index (Phi) is 5.08. The highest BCUT2D eigenvalue weighted by atomic mass is 35.5. The van der Waals surface area contributed by atoms with E-state index in [4.69, 9.17) is 11.6 Å². The second-order valence-corrected chi connectivity index (χ2v) is 3.84. The van der Waals surface area contributed by atoms with Gasteiger partial charge in [-0.05, 0) is 19.2 Å². The average molecular weight is 242 g/mol. The van der Waals surface area contributed by atoms with Crippen LogP contribution in [0.3, 0.4) is 0 Å². The molecule has 2 amide bonds. The van der Waals surface area contributed by atoms with E-state index in [1.807, 2.05) is 19.2 Å². The van der Waals surface area contributed by atoms with Gasteiger partial charge in [0.25, 0.3) is 0 Å². The summed E-state index contributed by atoms with van der Waals surface area (Å²) in [6.07, 6.45) is 0. The van der Waals surface area contributed by atoms with Crippen molar-refractivity contribution in [3.8, 4) is 0 Å². The molecule has 1 aromatic rings. The summed E-state index contributed by atoms with van der Waals surface area (Å²) in [4.78, 5) is 13.3. The number of hydrogen-bond acceptors (Lipinski definition) is 2. The lowest BCUT2D eigenvalue weighted by molar-refractivity contribution is 0.223. The first-order chi connectivity index (χ1) is 7.65. The number of halogens is 1. The quantitative estimate of drug-likeness (QED) is 0.847. The van der Waals surface area contributed by atoms with Crippen LogP contribution in [0, 0.1) is 0 Å². The number of hydrogen-bond donors (Lipinski definition) is 2. The Morgan fingerprint density at radius 1 is 1.44 bits per heavy atom. The fourth-order valence-electron chi connectivity index (χ4n) is 1.15. The fourth-order valence-corrected chi connectivity index (χ4v) is 1.34. The van der Waals surface area contributed by atoms with E-state index in [2.05, 4.69) is 10.6 Å². The molecule has 88 valence electrons. The standard InChI is InChI=1S/C11H16ClN3O/c1-13-7-8-15(2)11(16)14-10-6-4-3-5-9(10)12/h3-6,13H,7-8H2,1-2H3,(H,14,16). The van der Waals surface area contributed by atoms with Crippen LogP contribution in [-0.2, 0) is 0 Å². The fraction of sp³-hybridized carbons (Fsp3) is 0.364. The Balaban J connectivity index is 2.54.